The number of carboxylic acids is 1. The predicted octanol–water partition coefficient (Wildman–Crippen LogP) is 5.85. The van der Waals surface area contributed by atoms with Crippen LogP contribution >= 0.6 is 0 Å². The van der Waals surface area contributed by atoms with Crippen LogP contribution < -0.4 is 29.9 Å². The molecule has 6 heterocycles. The zero-order valence-corrected chi connectivity index (χ0v) is 37.4. The van der Waals surface area contributed by atoms with Crippen LogP contribution in [-0.2, 0) is 18.8 Å². The minimum absolute atomic E-state index is 0.215. The SMILES string of the molecule is CCOC(=O)c1cc(-c2ccnc(Nc3ccc(N4CCN(C)CC4)cc3OC)n2)n(C)c1.COc1cc(N2CCN(C)CC2)ccc1Nc1nccc(-c2cc(C(=O)O)cn2C)n1. The lowest BCUT2D eigenvalue weighted by atomic mass is 10.2. The van der Waals surface area contributed by atoms with Crippen molar-refractivity contribution in [3.8, 4) is 34.3 Å². The summed E-state index contributed by atoms with van der Waals surface area (Å²) in [7, 11) is 11.2. The zero-order valence-electron chi connectivity index (χ0n) is 37.4. The summed E-state index contributed by atoms with van der Waals surface area (Å²) in [5, 5.41) is 15.7. The number of hydrogen-bond donors (Lipinski definition) is 3. The van der Waals surface area contributed by atoms with E-state index in [0.717, 1.165) is 86.6 Å². The third-order valence-corrected chi connectivity index (χ3v) is 11.2. The van der Waals surface area contributed by atoms with Gasteiger partial charge in [0, 0.05) is 115 Å². The molecular weight excluding hydrogens is 817 g/mol. The van der Waals surface area contributed by atoms with E-state index in [1.807, 2.05) is 41.9 Å². The minimum atomic E-state index is -0.973. The molecule has 0 spiro atoms. The molecule has 8 rings (SSSR count). The lowest BCUT2D eigenvalue weighted by Crippen LogP contribution is -2.44. The molecule has 0 saturated carbocycles. The number of rotatable bonds is 13. The Morgan fingerprint density at radius 3 is 1.47 bits per heavy atom. The van der Waals surface area contributed by atoms with Gasteiger partial charge in [-0.05, 0) is 69.6 Å². The van der Waals surface area contributed by atoms with Crippen molar-refractivity contribution in [2.45, 2.75) is 6.92 Å². The van der Waals surface area contributed by atoms with Gasteiger partial charge in [-0.25, -0.2) is 29.5 Å². The van der Waals surface area contributed by atoms with Crippen molar-refractivity contribution < 1.29 is 28.9 Å². The average molecular weight is 873 g/mol. The van der Waals surface area contributed by atoms with E-state index in [2.05, 4.69) is 76.4 Å². The van der Waals surface area contributed by atoms with Crippen molar-refractivity contribution in [1.82, 2.24) is 38.9 Å². The summed E-state index contributed by atoms with van der Waals surface area (Å²) in [6, 6.07) is 19.1. The fraction of sp³-hybridized carbons (Fsp3) is 0.348. The summed E-state index contributed by atoms with van der Waals surface area (Å²) in [5.74, 6) is 0.955. The van der Waals surface area contributed by atoms with E-state index in [-0.39, 0.29) is 11.5 Å². The Balaban J connectivity index is 0.000000192. The third-order valence-electron chi connectivity index (χ3n) is 11.2. The van der Waals surface area contributed by atoms with Crippen LogP contribution in [0.25, 0.3) is 22.8 Å². The number of carboxylic acid groups (broad SMARTS) is 1. The van der Waals surface area contributed by atoms with Crippen LogP contribution in [0.2, 0.25) is 0 Å². The molecule has 18 nitrogen and oxygen atoms in total. The number of carbonyl (C=O) groups excluding carboxylic acids is 1. The highest BCUT2D eigenvalue weighted by Gasteiger charge is 2.20. The lowest BCUT2D eigenvalue weighted by Gasteiger charge is -2.34. The molecule has 18 heteroatoms. The highest BCUT2D eigenvalue weighted by Crippen LogP contribution is 2.34. The quantitative estimate of drug-likeness (QED) is 0.118. The van der Waals surface area contributed by atoms with E-state index in [1.54, 1.807) is 75.7 Å². The fourth-order valence-corrected chi connectivity index (χ4v) is 7.53. The number of ether oxygens (including phenoxy) is 3. The number of carbonyl (C=O) groups is 2. The summed E-state index contributed by atoms with van der Waals surface area (Å²) in [4.78, 5) is 50.6. The van der Waals surface area contributed by atoms with Gasteiger partial charge in [0.05, 0.1) is 66.1 Å². The average Bonchev–Trinajstić information content (AvgIpc) is 3.90. The molecule has 2 aliphatic rings. The number of nitrogens with zero attached hydrogens (tertiary/aromatic N) is 10. The molecular formula is C46H56N12O6. The second-order valence-corrected chi connectivity index (χ2v) is 15.6. The molecule has 6 aromatic rings. The van der Waals surface area contributed by atoms with Gasteiger partial charge >= 0.3 is 11.9 Å². The molecule has 0 amide bonds. The fourth-order valence-electron chi connectivity index (χ4n) is 7.53. The Labute approximate surface area is 373 Å². The van der Waals surface area contributed by atoms with Gasteiger partial charge in [0.25, 0.3) is 0 Å². The van der Waals surface area contributed by atoms with Gasteiger partial charge in [0.2, 0.25) is 11.9 Å². The summed E-state index contributed by atoms with van der Waals surface area (Å²) in [6.45, 7) is 10.2. The van der Waals surface area contributed by atoms with Crippen molar-refractivity contribution in [2.24, 2.45) is 14.1 Å². The molecule has 4 aromatic heterocycles. The van der Waals surface area contributed by atoms with Gasteiger partial charge in [0.15, 0.2) is 0 Å². The molecule has 336 valence electrons. The molecule has 0 aliphatic carbocycles. The first kappa shape index (κ1) is 44.9. The van der Waals surface area contributed by atoms with Crippen LogP contribution in [0.5, 0.6) is 11.5 Å². The molecule has 0 bridgehead atoms. The van der Waals surface area contributed by atoms with Crippen LogP contribution in [0, 0.1) is 0 Å². The topological polar surface area (TPSA) is 180 Å². The maximum absolute atomic E-state index is 12.1. The van der Waals surface area contributed by atoms with Gasteiger partial charge in [-0.1, -0.05) is 0 Å². The van der Waals surface area contributed by atoms with Crippen LogP contribution in [0.4, 0.5) is 34.6 Å². The Morgan fingerprint density at radius 2 is 1.06 bits per heavy atom. The molecule has 2 aromatic carbocycles. The summed E-state index contributed by atoms with van der Waals surface area (Å²) in [6.07, 6.45) is 6.63. The summed E-state index contributed by atoms with van der Waals surface area (Å²) >= 11 is 0. The number of anilines is 6. The summed E-state index contributed by atoms with van der Waals surface area (Å²) < 4.78 is 19.9. The number of benzene rings is 2. The first-order valence-corrected chi connectivity index (χ1v) is 21.1. The van der Waals surface area contributed by atoms with Crippen molar-refractivity contribution in [1.29, 1.82) is 0 Å². The van der Waals surface area contributed by atoms with Crippen LogP contribution in [0.1, 0.15) is 27.6 Å². The standard InChI is InChI=1S/C24H30N6O3.C22H26N6O3/c1-5-33-23(31)17-14-21(29(3)16-17)19-8-9-25-24(26-19)27-20-7-6-18(15-22(20)32-4)30-12-10-28(2)11-13-30;1-26-8-10-28(11-9-26)16-4-5-18(20(13-16)31-3)25-22-23-7-6-17(24-22)19-12-15(21(29)30)14-27(19)2/h6-9,14-16H,5,10-13H2,1-4H3,(H,25,26,27);4-7,12-14H,8-11H2,1-3H3,(H,29,30)(H,23,24,25). The highest BCUT2D eigenvalue weighted by molar-refractivity contribution is 5.91. The number of aromatic nitrogens is 6. The van der Waals surface area contributed by atoms with Gasteiger partial charge < -0.3 is 58.7 Å². The number of esters is 1. The Hall–Kier alpha value is -7.18. The van der Waals surface area contributed by atoms with Gasteiger partial charge in [-0.3, -0.25) is 0 Å². The number of methoxy groups -OCH3 is 2. The first-order chi connectivity index (χ1) is 30.9. The molecule has 0 unspecified atom stereocenters. The number of hydrogen-bond acceptors (Lipinski definition) is 15. The number of aromatic carboxylic acids is 1. The van der Waals surface area contributed by atoms with Gasteiger partial charge in [0.1, 0.15) is 11.5 Å². The Morgan fingerprint density at radius 1 is 0.625 bits per heavy atom. The Bertz CT molecular complexity index is 2560. The van der Waals surface area contributed by atoms with Gasteiger partial charge in [-0.15, -0.1) is 0 Å². The minimum Gasteiger partial charge on any atom is -0.494 e. The number of likely N-dealkylation sites (N-methyl/N-ethyl adjacent to an activating group) is 2. The van der Waals surface area contributed by atoms with E-state index in [4.69, 9.17) is 14.2 Å². The predicted molar refractivity (Wildman–Crippen MR) is 248 cm³/mol. The molecule has 0 radical (unpaired) electrons. The number of aryl methyl sites for hydroxylation is 2. The summed E-state index contributed by atoms with van der Waals surface area (Å²) in [5.41, 5.74) is 7.31. The molecule has 0 atom stereocenters. The van der Waals surface area contributed by atoms with Crippen molar-refractivity contribution in [3.63, 3.8) is 0 Å². The van der Waals surface area contributed by atoms with Crippen LogP contribution in [0.3, 0.4) is 0 Å². The third kappa shape index (κ3) is 10.7. The van der Waals surface area contributed by atoms with E-state index >= 15 is 0 Å². The highest BCUT2D eigenvalue weighted by atomic mass is 16.5. The number of nitrogens with one attached hydrogen (secondary N) is 2. The molecule has 64 heavy (non-hydrogen) atoms. The van der Waals surface area contributed by atoms with Crippen molar-refractivity contribution in [3.05, 3.63) is 96.6 Å². The molecule has 3 N–H and O–H groups in total. The van der Waals surface area contributed by atoms with E-state index < -0.39 is 5.97 Å². The van der Waals surface area contributed by atoms with Crippen LogP contribution in [-0.4, -0.2) is 143 Å². The normalized spacial score (nSPS) is 14.4. The van der Waals surface area contributed by atoms with E-state index in [9.17, 15) is 14.7 Å². The Kier molecular flexibility index (Phi) is 14.3. The maximum Gasteiger partial charge on any atom is 0.339 e. The second kappa shape index (κ2) is 20.3. The molecule has 2 saturated heterocycles. The first-order valence-electron chi connectivity index (χ1n) is 21.1. The smallest absolute Gasteiger partial charge is 0.339 e. The second-order valence-electron chi connectivity index (χ2n) is 15.6. The van der Waals surface area contributed by atoms with Gasteiger partial charge in [-0.2, -0.15) is 0 Å². The van der Waals surface area contributed by atoms with Crippen molar-refractivity contribution >= 4 is 46.6 Å². The monoisotopic (exact) mass is 872 g/mol. The number of piperazine rings is 2. The molecule has 2 aliphatic heterocycles. The molecule has 2 fully saturated rings. The van der Waals surface area contributed by atoms with Crippen LogP contribution in [0.15, 0.2) is 85.5 Å². The zero-order chi connectivity index (χ0) is 45.3. The van der Waals surface area contributed by atoms with E-state index in [1.165, 1.54) is 0 Å². The largest absolute Gasteiger partial charge is 0.494 e. The maximum atomic E-state index is 12.1. The van der Waals surface area contributed by atoms with E-state index in [0.29, 0.717) is 46.9 Å². The van der Waals surface area contributed by atoms with Crippen molar-refractivity contribution in [2.75, 3.05) is 108 Å². The lowest BCUT2D eigenvalue weighted by molar-refractivity contribution is 0.0525.